The van der Waals surface area contributed by atoms with Crippen LogP contribution in [0.15, 0.2) is 41.6 Å². The molecule has 0 saturated carbocycles. The Bertz CT molecular complexity index is 1070. The van der Waals surface area contributed by atoms with E-state index in [0.29, 0.717) is 0 Å². The molecule has 0 unspecified atom stereocenters. The summed E-state index contributed by atoms with van der Waals surface area (Å²) in [7, 11) is -2.70. The van der Waals surface area contributed by atoms with Crippen LogP contribution in [0.1, 0.15) is 12.5 Å². The minimum absolute atomic E-state index is 0.0103. The van der Waals surface area contributed by atoms with Gasteiger partial charge in [-0.05, 0) is 5.56 Å². The van der Waals surface area contributed by atoms with Gasteiger partial charge in [-0.2, -0.15) is 0 Å². The quantitative estimate of drug-likeness (QED) is 0.387. The number of methoxy groups -OCH3 is 1. The van der Waals surface area contributed by atoms with Gasteiger partial charge in [0.25, 0.3) is 11.8 Å². The van der Waals surface area contributed by atoms with E-state index in [-0.39, 0.29) is 17.9 Å². The van der Waals surface area contributed by atoms with Crippen molar-refractivity contribution in [2.45, 2.75) is 25.0 Å². The lowest BCUT2D eigenvalue weighted by molar-refractivity contribution is -0.160. The number of rotatable bonds is 8. The number of ether oxygens (including phenoxy) is 3. The molecule has 0 radical (unpaired) electrons. The minimum atomic E-state index is -3.89. The number of benzene rings is 1. The first-order chi connectivity index (χ1) is 15.2. The molecule has 172 valence electrons. The van der Waals surface area contributed by atoms with Crippen LogP contribution in [-0.4, -0.2) is 74.6 Å². The molecule has 1 N–H and O–H groups in total. The number of hydrogen-bond donors (Lipinski definition) is 1. The van der Waals surface area contributed by atoms with Crippen LogP contribution in [0.25, 0.3) is 0 Å². The van der Waals surface area contributed by atoms with Gasteiger partial charge in [-0.25, -0.2) is 8.42 Å². The lowest BCUT2D eigenvalue weighted by Crippen LogP contribution is -2.71. The van der Waals surface area contributed by atoms with Crippen LogP contribution in [0.3, 0.4) is 0 Å². The third-order valence-corrected chi connectivity index (χ3v) is 6.81. The van der Waals surface area contributed by atoms with Gasteiger partial charge in [0.05, 0.1) is 5.75 Å². The zero-order chi connectivity index (χ0) is 23.5. The molecule has 0 aromatic heterocycles. The Morgan fingerprint density at radius 1 is 1.12 bits per heavy atom. The monoisotopic (exact) mass is 466 g/mol. The highest BCUT2D eigenvalue weighted by molar-refractivity contribution is 7.92. The minimum Gasteiger partial charge on any atom is -0.461 e. The molecular formula is C20H22N2O9S. The second-order valence-corrected chi connectivity index (χ2v) is 9.22. The predicted octanol–water partition coefficient (Wildman–Crippen LogP) is -0.725. The Balaban J connectivity index is 1.74. The van der Waals surface area contributed by atoms with Crippen molar-refractivity contribution in [3.05, 3.63) is 47.2 Å². The summed E-state index contributed by atoms with van der Waals surface area (Å²) >= 11 is 0. The molecule has 3 rings (SSSR count). The molecule has 2 aliphatic rings. The first-order valence-electron chi connectivity index (χ1n) is 9.56. The molecular weight excluding hydrogens is 444 g/mol. The molecule has 1 aromatic carbocycles. The van der Waals surface area contributed by atoms with E-state index in [1.807, 2.05) is 6.07 Å². The third-order valence-electron chi connectivity index (χ3n) is 4.87. The fraction of sp³-hybridized carbons (Fsp3) is 0.400. The number of sulfone groups is 1. The van der Waals surface area contributed by atoms with Gasteiger partial charge in [-0.15, -0.1) is 0 Å². The smallest absolute Gasteiger partial charge is 0.325 e. The highest BCUT2D eigenvalue weighted by Crippen LogP contribution is 2.38. The second-order valence-electron chi connectivity index (χ2n) is 7.12. The fourth-order valence-corrected chi connectivity index (χ4v) is 5.41. The van der Waals surface area contributed by atoms with Crippen LogP contribution in [0, 0.1) is 0 Å². The highest BCUT2D eigenvalue weighted by atomic mass is 32.2. The van der Waals surface area contributed by atoms with Gasteiger partial charge in [0, 0.05) is 19.6 Å². The number of amides is 2. The van der Waals surface area contributed by atoms with Crippen LogP contribution in [-0.2, 0) is 49.8 Å². The van der Waals surface area contributed by atoms with Gasteiger partial charge in [0.1, 0.15) is 25.5 Å². The molecule has 0 spiro atoms. The van der Waals surface area contributed by atoms with Crippen LogP contribution in [0.5, 0.6) is 0 Å². The van der Waals surface area contributed by atoms with Crippen molar-refractivity contribution in [1.29, 1.82) is 0 Å². The molecule has 1 fully saturated rings. The molecule has 1 aromatic rings. The summed E-state index contributed by atoms with van der Waals surface area (Å²) < 4.78 is 40.1. The first-order valence-corrected chi connectivity index (χ1v) is 11.3. The van der Waals surface area contributed by atoms with E-state index in [0.717, 1.165) is 17.4 Å². The maximum atomic E-state index is 12.8. The molecule has 2 aliphatic heterocycles. The number of carbonyl (C=O) groups excluding carboxylic acids is 4. The Morgan fingerprint density at radius 2 is 1.81 bits per heavy atom. The molecule has 12 heteroatoms. The van der Waals surface area contributed by atoms with Gasteiger partial charge in [0.2, 0.25) is 0 Å². The van der Waals surface area contributed by atoms with Gasteiger partial charge in [-0.3, -0.25) is 24.1 Å². The Morgan fingerprint density at radius 3 is 2.44 bits per heavy atom. The van der Waals surface area contributed by atoms with Gasteiger partial charge >= 0.3 is 11.9 Å². The van der Waals surface area contributed by atoms with Crippen molar-refractivity contribution in [2.75, 3.05) is 26.0 Å². The summed E-state index contributed by atoms with van der Waals surface area (Å²) in [5.74, 6) is -3.61. The zero-order valence-corrected chi connectivity index (χ0v) is 18.2. The molecule has 2 atom stereocenters. The molecule has 0 aliphatic carbocycles. The van der Waals surface area contributed by atoms with Crippen LogP contribution in [0.2, 0.25) is 0 Å². The number of β-lactam (4-membered cyclic amide) rings is 1. The first kappa shape index (κ1) is 23.4. The summed E-state index contributed by atoms with van der Waals surface area (Å²) in [5.41, 5.74) is 0.408. The number of carbonyl (C=O) groups is 4. The molecule has 2 heterocycles. The fourth-order valence-electron chi connectivity index (χ4n) is 3.40. The Labute approximate surface area is 184 Å². The molecule has 32 heavy (non-hydrogen) atoms. The van der Waals surface area contributed by atoms with Crippen molar-refractivity contribution in [3.63, 3.8) is 0 Å². The summed E-state index contributed by atoms with van der Waals surface area (Å²) in [6.07, 6.45) is -1.24. The summed E-state index contributed by atoms with van der Waals surface area (Å²) in [5, 5.41) is 0.962. The van der Waals surface area contributed by atoms with Gasteiger partial charge in [0.15, 0.2) is 21.3 Å². The van der Waals surface area contributed by atoms with E-state index < -0.39 is 64.0 Å². The summed E-state index contributed by atoms with van der Waals surface area (Å²) in [6, 6.07) is 8.92. The van der Waals surface area contributed by atoms with E-state index in [9.17, 15) is 27.6 Å². The zero-order valence-electron chi connectivity index (χ0n) is 17.4. The standard InChI is InChI=1S/C20H22N2O9S/c1-12(23)30-10-14-11-32(27,28)20-17(29-2)19(26)22(20)16(14)18(25)21-8-15(24)31-9-13-6-4-3-5-7-13/h3-7,17,20H,8-11H2,1-2H3,(H,21,25)/t17-,20+/m0/s1. The molecule has 2 amide bonds. The SMILES string of the molecule is CO[C@H]1C(=O)N2C(C(=O)NCC(=O)OCc3ccccc3)=C(COC(C)=O)CS(=O)(=O)[C@H]12. The van der Waals surface area contributed by atoms with Crippen molar-refractivity contribution in [1.82, 2.24) is 10.2 Å². The van der Waals surface area contributed by atoms with Gasteiger partial charge < -0.3 is 19.5 Å². The van der Waals surface area contributed by atoms with E-state index >= 15 is 0 Å². The van der Waals surface area contributed by atoms with Crippen molar-refractivity contribution < 1.29 is 41.8 Å². The third kappa shape index (κ3) is 4.81. The molecule has 0 bridgehead atoms. The molecule has 1 saturated heterocycles. The Hall–Kier alpha value is -3.25. The lowest BCUT2D eigenvalue weighted by atomic mass is 10.0. The number of hydrogen-bond acceptors (Lipinski definition) is 9. The number of nitrogens with zero attached hydrogens (tertiary/aromatic N) is 1. The molecule has 11 nitrogen and oxygen atoms in total. The number of fused-ring (bicyclic) bond motifs is 1. The predicted molar refractivity (Wildman–Crippen MR) is 108 cm³/mol. The largest absolute Gasteiger partial charge is 0.461 e. The maximum Gasteiger partial charge on any atom is 0.325 e. The van der Waals surface area contributed by atoms with E-state index in [2.05, 4.69) is 5.32 Å². The highest BCUT2D eigenvalue weighted by Gasteiger charge is 2.60. The summed E-state index contributed by atoms with van der Waals surface area (Å²) in [6.45, 7) is 0.127. The van der Waals surface area contributed by atoms with E-state index in [1.54, 1.807) is 24.3 Å². The van der Waals surface area contributed by atoms with Crippen molar-refractivity contribution >= 4 is 33.6 Å². The van der Waals surface area contributed by atoms with Crippen molar-refractivity contribution in [2.24, 2.45) is 0 Å². The normalized spacial score (nSPS) is 21.3. The topological polar surface area (TPSA) is 145 Å². The van der Waals surface area contributed by atoms with E-state index in [4.69, 9.17) is 14.2 Å². The van der Waals surface area contributed by atoms with Crippen LogP contribution >= 0.6 is 0 Å². The Kier molecular flexibility index (Phi) is 6.94. The lowest BCUT2D eigenvalue weighted by Gasteiger charge is -2.48. The summed E-state index contributed by atoms with van der Waals surface area (Å²) in [4.78, 5) is 49.3. The van der Waals surface area contributed by atoms with Gasteiger partial charge in [-0.1, -0.05) is 30.3 Å². The van der Waals surface area contributed by atoms with Crippen molar-refractivity contribution in [3.8, 4) is 0 Å². The number of nitrogens with one attached hydrogen (secondary N) is 1. The van der Waals surface area contributed by atoms with E-state index in [1.165, 1.54) is 7.11 Å². The second kappa shape index (κ2) is 9.49. The average Bonchev–Trinajstić information content (AvgIpc) is 2.75. The number of esters is 2. The average molecular weight is 466 g/mol. The van der Waals surface area contributed by atoms with Crippen LogP contribution in [0.4, 0.5) is 0 Å². The van der Waals surface area contributed by atoms with Crippen LogP contribution < -0.4 is 5.32 Å². The maximum absolute atomic E-state index is 12.8.